The van der Waals surface area contributed by atoms with Gasteiger partial charge in [0.05, 0.1) is 5.69 Å². The lowest BCUT2D eigenvalue weighted by atomic mass is 9.94. The van der Waals surface area contributed by atoms with E-state index in [-0.39, 0.29) is 5.91 Å². The van der Waals surface area contributed by atoms with Crippen molar-refractivity contribution in [2.75, 3.05) is 38.1 Å². The highest BCUT2D eigenvalue weighted by Gasteiger charge is 2.32. The van der Waals surface area contributed by atoms with Crippen LogP contribution in [0.15, 0.2) is 12.1 Å². The molecule has 1 aromatic rings. The lowest BCUT2D eigenvalue weighted by Crippen LogP contribution is -2.50. The lowest BCUT2D eigenvalue weighted by molar-refractivity contribution is 0.0958. The van der Waals surface area contributed by atoms with E-state index in [2.05, 4.69) is 33.9 Å². The first-order chi connectivity index (χ1) is 12.0. The van der Waals surface area contributed by atoms with Gasteiger partial charge >= 0.3 is 0 Å². The van der Waals surface area contributed by atoms with Crippen LogP contribution in [0.3, 0.4) is 0 Å². The van der Waals surface area contributed by atoms with Crippen molar-refractivity contribution in [1.82, 2.24) is 15.2 Å². The van der Waals surface area contributed by atoms with Gasteiger partial charge in [-0.25, -0.2) is 4.98 Å². The van der Waals surface area contributed by atoms with Gasteiger partial charge in [-0.05, 0) is 43.2 Å². The molecule has 1 amide bonds. The van der Waals surface area contributed by atoms with Crippen LogP contribution in [0.25, 0.3) is 0 Å². The van der Waals surface area contributed by atoms with Gasteiger partial charge in [0.2, 0.25) is 0 Å². The zero-order valence-electron chi connectivity index (χ0n) is 15.5. The highest BCUT2D eigenvalue weighted by Crippen LogP contribution is 2.35. The van der Waals surface area contributed by atoms with Crippen molar-refractivity contribution in [3.05, 3.63) is 23.0 Å². The normalized spacial score (nSPS) is 24.8. The van der Waals surface area contributed by atoms with Crippen LogP contribution >= 0.6 is 11.6 Å². The van der Waals surface area contributed by atoms with E-state index in [1.54, 1.807) is 13.1 Å². The number of piperazine rings is 1. The van der Waals surface area contributed by atoms with Gasteiger partial charge in [-0.15, -0.1) is 0 Å². The average molecular weight is 365 g/mol. The predicted octanol–water partition coefficient (Wildman–Crippen LogP) is 3.04. The molecular weight excluding hydrogens is 336 g/mol. The molecule has 2 heterocycles. The molecule has 5 nitrogen and oxygen atoms in total. The summed E-state index contributed by atoms with van der Waals surface area (Å²) in [6.45, 7) is 8.77. The summed E-state index contributed by atoms with van der Waals surface area (Å²) in [5.41, 5.74) is 1.29. The Morgan fingerprint density at radius 2 is 1.96 bits per heavy atom. The quantitative estimate of drug-likeness (QED) is 0.834. The molecule has 1 saturated heterocycles. The summed E-state index contributed by atoms with van der Waals surface area (Å²) >= 11 is 6.33. The fourth-order valence-electron chi connectivity index (χ4n) is 4.17. The Labute approximate surface area is 155 Å². The van der Waals surface area contributed by atoms with Crippen molar-refractivity contribution in [2.45, 2.75) is 39.2 Å². The van der Waals surface area contributed by atoms with Gasteiger partial charge in [0.1, 0.15) is 5.69 Å². The van der Waals surface area contributed by atoms with Crippen LogP contribution < -0.4 is 10.2 Å². The van der Waals surface area contributed by atoms with Crippen molar-refractivity contribution in [2.24, 2.45) is 11.8 Å². The smallest absolute Gasteiger partial charge is 0.269 e. The lowest BCUT2D eigenvalue weighted by Gasteiger charge is -2.39. The number of pyridine rings is 1. The van der Waals surface area contributed by atoms with E-state index in [0.717, 1.165) is 49.7 Å². The van der Waals surface area contributed by atoms with Crippen molar-refractivity contribution >= 4 is 23.2 Å². The van der Waals surface area contributed by atoms with Gasteiger partial charge in [0.15, 0.2) is 5.15 Å². The first-order valence-corrected chi connectivity index (χ1v) is 9.75. The van der Waals surface area contributed by atoms with E-state index in [1.807, 2.05) is 6.07 Å². The predicted molar refractivity (Wildman–Crippen MR) is 102 cm³/mol. The monoisotopic (exact) mass is 364 g/mol. The van der Waals surface area contributed by atoms with Crippen LogP contribution in [0.1, 0.15) is 43.6 Å². The molecule has 1 aromatic heterocycles. The molecule has 3 rings (SSSR count). The van der Waals surface area contributed by atoms with Crippen LogP contribution in [0.5, 0.6) is 0 Å². The van der Waals surface area contributed by atoms with Crippen molar-refractivity contribution in [1.29, 1.82) is 0 Å². The number of carbonyl (C=O) groups excluding carboxylic acids is 1. The third-order valence-corrected chi connectivity index (χ3v) is 6.13. The molecule has 25 heavy (non-hydrogen) atoms. The van der Waals surface area contributed by atoms with Gasteiger partial charge in [0, 0.05) is 39.3 Å². The van der Waals surface area contributed by atoms with Gasteiger partial charge in [-0.3, -0.25) is 9.69 Å². The molecule has 1 N–H and O–H groups in total. The maximum Gasteiger partial charge on any atom is 0.269 e. The summed E-state index contributed by atoms with van der Waals surface area (Å²) in [6, 6.07) is 4.41. The zero-order chi connectivity index (χ0) is 18.0. The van der Waals surface area contributed by atoms with E-state index in [4.69, 9.17) is 11.6 Å². The van der Waals surface area contributed by atoms with Gasteiger partial charge < -0.3 is 10.2 Å². The summed E-state index contributed by atoms with van der Waals surface area (Å²) < 4.78 is 0. The Hall–Kier alpha value is -1.33. The van der Waals surface area contributed by atoms with E-state index in [9.17, 15) is 4.79 Å². The Kier molecular flexibility index (Phi) is 5.85. The summed E-state index contributed by atoms with van der Waals surface area (Å²) in [5, 5.41) is 2.99. The number of nitrogens with one attached hydrogen (secondary N) is 1. The van der Waals surface area contributed by atoms with Crippen LogP contribution in [0, 0.1) is 11.8 Å². The number of amides is 1. The minimum Gasteiger partial charge on any atom is -0.366 e. The third kappa shape index (κ3) is 4.09. The molecule has 2 fully saturated rings. The van der Waals surface area contributed by atoms with E-state index >= 15 is 0 Å². The fraction of sp³-hybridized carbons (Fsp3) is 0.684. The highest BCUT2D eigenvalue weighted by molar-refractivity contribution is 6.32. The Balaban J connectivity index is 1.58. The third-order valence-electron chi connectivity index (χ3n) is 5.85. The Morgan fingerprint density at radius 3 is 2.52 bits per heavy atom. The SMILES string of the molecule is CNC(=O)c1ccc(N2CCN([C@H]3CC[C@@H](C(C)C)C3)CC2)c(Cl)n1. The minimum atomic E-state index is -0.209. The van der Waals surface area contributed by atoms with Gasteiger partial charge in [-0.1, -0.05) is 25.4 Å². The summed E-state index contributed by atoms with van der Waals surface area (Å²) in [4.78, 5) is 20.8. The average Bonchev–Trinajstić information content (AvgIpc) is 3.11. The molecule has 0 spiro atoms. The second-order valence-electron chi connectivity index (χ2n) is 7.58. The van der Waals surface area contributed by atoms with Crippen molar-refractivity contribution in [3.63, 3.8) is 0 Å². The molecule has 138 valence electrons. The molecule has 1 aliphatic carbocycles. The van der Waals surface area contributed by atoms with Crippen LogP contribution in [-0.4, -0.2) is 55.1 Å². The van der Waals surface area contributed by atoms with Crippen LogP contribution in [-0.2, 0) is 0 Å². The number of aromatic nitrogens is 1. The molecule has 0 unspecified atom stereocenters. The van der Waals surface area contributed by atoms with Gasteiger partial charge in [0.25, 0.3) is 5.91 Å². The maximum atomic E-state index is 11.7. The highest BCUT2D eigenvalue weighted by atomic mass is 35.5. The standard InChI is InChI=1S/C19H29ClN4O/c1-13(2)14-4-5-15(12-14)23-8-10-24(11-9-23)17-7-6-16(19(25)21-3)22-18(17)20/h6-7,13-15H,4-5,8-12H2,1-3H3,(H,21,25)/t14-,15+/m1/s1. The second kappa shape index (κ2) is 7.92. The van der Waals surface area contributed by atoms with E-state index < -0.39 is 0 Å². The number of halogens is 1. The van der Waals surface area contributed by atoms with E-state index in [0.29, 0.717) is 10.8 Å². The number of hydrogen-bond donors (Lipinski definition) is 1. The number of carbonyl (C=O) groups is 1. The molecule has 0 aromatic carbocycles. The first kappa shape index (κ1) is 18.5. The summed E-state index contributed by atoms with van der Waals surface area (Å²) in [6.07, 6.45) is 4.06. The molecule has 1 aliphatic heterocycles. The molecule has 6 heteroatoms. The van der Waals surface area contributed by atoms with E-state index in [1.165, 1.54) is 19.3 Å². The number of nitrogens with zero attached hydrogens (tertiary/aromatic N) is 3. The van der Waals surface area contributed by atoms with Crippen molar-refractivity contribution < 1.29 is 4.79 Å². The number of anilines is 1. The van der Waals surface area contributed by atoms with Crippen LogP contribution in [0.2, 0.25) is 5.15 Å². The summed E-state index contributed by atoms with van der Waals surface area (Å²) in [5.74, 6) is 1.48. The first-order valence-electron chi connectivity index (χ1n) is 9.37. The topological polar surface area (TPSA) is 48.5 Å². The zero-order valence-corrected chi connectivity index (χ0v) is 16.2. The molecule has 2 atom stereocenters. The molecule has 2 aliphatic rings. The minimum absolute atomic E-state index is 0.209. The number of hydrogen-bond acceptors (Lipinski definition) is 4. The molecule has 0 bridgehead atoms. The van der Waals surface area contributed by atoms with Crippen molar-refractivity contribution in [3.8, 4) is 0 Å². The molecule has 1 saturated carbocycles. The molecule has 0 radical (unpaired) electrons. The maximum absolute atomic E-state index is 11.7. The Bertz CT molecular complexity index is 613. The fourth-order valence-corrected chi connectivity index (χ4v) is 4.45. The Morgan fingerprint density at radius 1 is 1.24 bits per heavy atom. The van der Waals surface area contributed by atoms with Crippen LogP contribution in [0.4, 0.5) is 5.69 Å². The number of rotatable bonds is 4. The molecular formula is C19H29ClN4O. The van der Waals surface area contributed by atoms with Gasteiger partial charge in [-0.2, -0.15) is 0 Å². The second-order valence-corrected chi connectivity index (χ2v) is 7.94. The summed E-state index contributed by atoms with van der Waals surface area (Å²) in [7, 11) is 1.60. The largest absolute Gasteiger partial charge is 0.366 e.